The molecule has 11 heteroatoms. The summed E-state index contributed by atoms with van der Waals surface area (Å²) in [6.45, 7) is 2.77. The summed E-state index contributed by atoms with van der Waals surface area (Å²) in [5.74, 6) is 0.0581. The van der Waals surface area contributed by atoms with Gasteiger partial charge >= 0.3 is 0 Å². The summed E-state index contributed by atoms with van der Waals surface area (Å²) >= 11 is 7.44. The van der Waals surface area contributed by atoms with E-state index in [0.29, 0.717) is 75.8 Å². The van der Waals surface area contributed by atoms with Crippen LogP contribution in [0.3, 0.4) is 0 Å². The summed E-state index contributed by atoms with van der Waals surface area (Å²) in [5, 5.41) is 3.76. The van der Waals surface area contributed by atoms with Gasteiger partial charge < -0.3 is 20.5 Å². The number of amides is 1. The van der Waals surface area contributed by atoms with Crippen molar-refractivity contribution in [2.75, 3.05) is 24.3 Å². The van der Waals surface area contributed by atoms with Gasteiger partial charge in [0, 0.05) is 28.8 Å². The van der Waals surface area contributed by atoms with Crippen molar-refractivity contribution in [3.63, 3.8) is 0 Å². The molecule has 194 valence electrons. The zero-order valence-electron chi connectivity index (χ0n) is 20.4. The molecule has 1 aromatic carbocycles. The first kappa shape index (κ1) is 24.8. The van der Waals surface area contributed by atoms with Crippen LogP contribution in [0.1, 0.15) is 45.7 Å². The Morgan fingerprint density at radius 3 is 2.89 bits per heavy atom. The highest BCUT2D eigenvalue weighted by molar-refractivity contribution is 8.13. The van der Waals surface area contributed by atoms with Crippen LogP contribution >= 0.6 is 23.4 Å². The number of nitrogens with two attached hydrogens (primary N) is 1. The maximum Gasteiger partial charge on any atom is 0.274 e. The van der Waals surface area contributed by atoms with Gasteiger partial charge in [-0.2, -0.15) is 4.39 Å². The van der Waals surface area contributed by atoms with Crippen LogP contribution < -0.4 is 15.8 Å². The van der Waals surface area contributed by atoms with Crippen molar-refractivity contribution in [2.45, 2.75) is 25.3 Å². The molecule has 3 aromatic rings. The van der Waals surface area contributed by atoms with E-state index in [1.54, 1.807) is 31.2 Å². The number of benzene rings is 1. The third kappa shape index (κ3) is 4.32. The van der Waals surface area contributed by atoms with E-state index in [4.69, 9.17) is 31.8 Å². The van der Waals surface area contributed by atoms with E-state index >= 15 is 4.39 Å². The third-order valence-corrected chi connectivity index (χ3v) is 7.84. The first-order valence-electron chi connectivity index (χ1n) is 12.1. The molecule has 5 heterocycles. The summed E-state index contributed by atoms with van der Waals surface area (Å²) in [4.78, 5) is 26.3. The molecule has 0 bridgehead atoms. The number of pyridine rings is 2. The lowest BCUT2D eigenvalue weighted by Gasteiger charge is -2.39. The van der Waals surface area contributed by atoms with Gasteiger partial charge in [-0.15, -0.1) is 0 Å². The van der Waals surface area contributed by atoms with Crippen molar-refractivity contribution in [3.05, 3.63) is 81.7 Å². The number of rotatable bonds is 3. The van der Waals surface area contributed by atoms with Crippen LogP contribution in [0, 0.1) is 12.9 Å². The normalized spacial score (nSPS) is 20.1. The number of aryl methyl sites for hydroxylation is 1. The number of anilines is 1. The van der Waals surface area contributed by atoms with Gasteiger partial charge in [0.2, 0.25) is 0 Å². The monoisotopic (exact) mass is 551 g/mol. The summed E-state index contributed by atoms with van der Waals surface area (Å²) in [5.41, 5.74) is 9.36. The number of thioether (sulfide) groups is 1. The fraction of sp³-hybridized carbons (Fsp3) is 0.259. The molecule has 8 nitrogen and oxygen atoms in total. The number of fused-ring (bicyclic) bond motifs is 4. The van der Waals surface area contributed by atoms with E-state index < -0.39 is 11.5 Å². The Labute approximate surface area is 227 Å². The van der Waals surface area contributed by atoms with Gasteiger partial charge in [-0.1, -0.05) is 29.4 Å². The molecule has 1 amide bonds. The first-order chi connectivity index (χ1) is 18.3. The van der Waals surface area contributed by atoms with Crippen molar-refractivity contribution in [2.24, 2.45) is 10.7 Å². The van der Waals surface area contributed by atoms with Crippen LogP contribution in [0.5, 0.6) is 11.5 Å². The molecule has 0 saturated carbocycles. The summed E-state index contributed by atoms with van der Waals surface area (Å²) < 4.78 is 26.9. The lowest BCUT2D eigenvalue weighted by Crippen LogP contribution is -2.36. The number of hydrogen-bond donors (Lipinski definition) is 2. The number of aliphatic imine (C=N–C) groups is 1. The maximum absolute atomic E-state index is 15.5. The molecule has 0 unspecified atom stereocenters. The molecule has 2 aromatic heterocycles. The van der Waals surface area contributed by atoms with Crippen molar-refractivity contribution >= 4 is 45.7 Å². The van der Waals surface area contributed by atoms with Crippen LogP contribution in [0.4, 0.5) is 10.1 Å². The Morgan fingerprint density at radius 2 is 2.13 bits per heavy atom. The van der Waals surface area contributed by atoms with E-state index in [0.717, 1.165) is 5.57 Å². The van der Waals surface area contributed by atoms with E-state index in [1.165, 1.54) is 18.0 Å². The molecular weight excluding hydrogens is 529 g/mol. The van der Waals surface area contributed by atoms with Crippen molar-refractivity contribution in [1.29, 1.82) is 0 Å². The number of halogens is 2. The number of hydrogen-bond acceptors (Lipinski definition) is 8. The first-order valence-corrected chi connectivity index (χ1v) is 13.4. The van der Waals surface area contributed by atoms with E-state index in [1.807, 2.05) is 12.1 Å². The smallest absolute Gasteiger partial charge is 0.274 e. The second-order valence-corrected chi connectivity index (χ2v) is 10.8. The fourth-order valence-corrected chi connectivity index (χ4v) is 6.08. The molecule has 1 spiro atoms. The average molecular weight is 552 g/mol. The number of ether oxygens (including phenoxy) is 2. The van der Waals surface area contributed by atoms with Gasteiger partial charge in [-0.3, -0.25) is 4.79 Å². The average Bonchev–Trinajstić information content (AvgIpc) is 2.90. The minimum Gasteiger partial charge on any atom is -0.452 e. The fourth-order valence-electron chi connectivity index (χ4n) is 5.04. The second-order valence-electron chi connectivity index (χ2n) is 9.22. The number of carbonyl (C=O) groups excluding carboxylic acids is 1. The summed E-state index contributed by atoms with van der Waals surface area (Å²) in [6.07, 6.45) is 4.53. The molecule has 0 aliphatic carbocycles. The molecule has 3 aliphatic heterocycles. The molecule has 3 aliphatic rings. The van der Waals surface area contributed by atoms with Crippen LogP contribution in [0.25, 0.3) is 5.57 Å². The Hall–Kier alpha value is -3.47. The predicted molar refractivity (Wildman–Crippen MR) is 146 cm³/mol. The van der Waals surface area contributed by atoms with Gasteiger partial charge in [0.1, 0.15) is 17.0 Å². The van der Waals surface area contributed by atoms with E-state index in [-0.39, 0.29) is 17.4 Å². The quantitative estimate of drug-likeness (QED) is 0.417. The predicted octanol–water partition coefficient (Wildman–Crippen LogP) is 5.43. The van der Waals surface area contributed by atoms with Crippen LogP contribution in [0.2, 0.25) is 5.02 Å². The van der Waals surface area contributed by atoms with Crippen LogP contribution in [-0.4, -0.2) is 40.0 Å². The third-order valence-electron chi connectivity index (χ3n) is 6.84. The van der Waals surface area contributed by atoms with Crippen LogP contribution in [-0.2, 0) is 10.3 Å². The van der Waals surface area contributed by atoms with Crippen molar-refractivity contribution < 1.29 is 18.7 Å². The number of nitrogens with one attached hydrogen (secondary N) is 1. The topological polar surface area (TPSA) is 112 Å². The molecular formula is C27H23ClFN5O3S. The minimum atomic E-state index is -1.00. The molecule has 0 radical (unpaired) electrons. The van der Waals surface area contributed by atoms with Gasteiger partial charge in [-0.05, 0) is 61.2 Å². The largest absolute Gasteiger partial charge is 0.452 e. The zero-order valence-corrected chi connectivity index (χ0v) is 22.0. The number of carbonyl (C=O) groups is 1. The Balaban J connectivity index is 1.46. The Kier molecular flexibility index (Phi) is 6.33. The zero-order chi connectivity index (χ0) is 26.4. The lowest BCUT2D eigenvalue weighted by molar-refractivity contribution is 0.102. The highest BCUT2D eigenvalue weighted by Crippen LogP contribution is 2.54. The van der Waals surface area contributed by atoms with Gasteiger partial charge in [0.25, 0.3) is 11.9 Å². The Morgan fingerprint density at radius 1 is 1.26 bits per heavy atom. The molecule has 3 N–H and O–H groups in total. The molecule has 38 heavy (non-hydrogen) atoms. The minimum absolute atomic E-state index is 0.0372. The van der Waals surface area contributed by atoms with Crippen molar-refractivity contribution in [3.8, 4) is 11.5 Å². The molecule has 0 saturated heterocycles. The molecule has 6 rings (SSSR count). The second kappa shape index (κ2) is 9.68. The van der Waals surface area contributed by atoms with Crippen LogP contribution in [0.15, 0.2) is 47.6 Å². The molecule has 0 fully saturated rings. The standard InChI is InChI=1S/C27H23ClFN5O3S/c1-14-10-16(28)13-31-22(14)25(35)32-17-2-3-21-18(11-17)27(6-9-38-26(30)34-27)19-12-20(15-4-7-36-8-5-15)33-24(29)23(19)37-21/h2-4,10-13H,5-9H2,1H3,(H2,30,34)(H,32,35)/t27-/m0/s1. The number of nitrogens with zero attached hydrogens (tertiary/aromatic N) is 3. The SMILES string of the molecule is Cc1cc(Cl)cnc1C(=O)Nc1ccc2c(c1)[C@@]1(CCSC(N)=N1)c1cc(C3=CCOCC3)nc(F)c1O2. The summed E-state index contributed by atoms with van der Waals surface area (Å²) in [7, 11) is 0. The lowest BCUT2D eigenvalue weighted by atomic mass is 9.78. The van der Waals surface area contributed by atoms with Gasteiger partial charge in [0.15, 0.2) is 10.9 Å². The number of aromatic nitrogens is 2. The van der Waals surface area contributed by atoms with Gasteiger partial charge in [0.05, 0.1) is 23.9 Å². The van der Waals surface area contributed by atoms with Crippen molar-refractivity contribution in [1.82, 2.24) is 9.97 Å². The Bertz CT molecular complexity index is 1550. The molecule has 1 atom stereocenters. The number of amidine groups is 1. The highest BCUT2D eigenvalue weighted by Gasteiger charge is 2.46. The van der Waals surface area contributed by atoms with E-state index in [2.05, 4.69) is 15.3 Å². The highest BCUT2D eigenvalue weighted by atomic mass is 35.5. The van der Waals surface area contributed by atoms with Gasteiger partial charge in [-0.25, -0.2) is 15.0 Å². The summed E-state index contributed by atoms with van der Waals surface area (Å²) in [6, 6.07) is 8.72. The van der Waals surface area contributed by atoms with E-state index in [9.17, 15) is 4.79 Å². The maximum atomic E-state index is 15.5.